The standard InChI is InChI=1S/C25H25N7/c1-15(10-25(2,3)4)29-18-7-16(12-27-13-18)21-9-19-23(14-28-21)31-32-24(19)22-8-17-11-26-6-5-20(17)30-22/h5-9,11-14,29-30H,1,10H2,2-4H3,(H,31,32). The number of aromatic nitrogens is 6. The second-order valence-corrected chi connectivity index (χ2v) is 9.26. The monoisotopic (exact) mass is 423 g/mol. The van der Waals surface area contributed by atoms with E-state index in [1.54, 1.807) is 12.4 Å². The van der Waals surface area contributed by atoms with Crippen LogP contribution in [0.25, 0.3) is 44.5 Å². The molecule has 0 aromatic carbocycles. The van der Waals surface area contributed by atoms with Crippen molar-refractivity contribution in [1.82, 2.24) is 30.1 Å². The van der Waals surface area contributed by atoms with Gasteiger partial charge in [-0.05, 0) is 36.1 Å². The van der Waals surface area contributed by atoms with E-state index in [0.717, 1.165) is 62.3 Å². The Balaban J connectivity index is 1.49. The summed E-state index contributed by atoms with van der Waals surface area (Å²) in [5.74, 6) is 0. The highest BCUT2D eigenvalue weighted by atomic mass is 15.1. The highest BCUT2D eigenvalue weighted by Gasteiger charge is 2.14. The second-order valence-electron chi connectivity index (χ2n) is 9.26. The van der Waals surface area contributed by atoms with Gasteiger partial charge in [0.05, 0.1) is 35.0 Å². The van der Waals surface area contributed by atoms with Gasteiger partial charge in [-0.2, -0.15) is 5.10 Å². The Morgan fingerprint density at radius 2 is 1.91 bits per heavy atom. The zero-order valence-electron chi connectivity index (χ0n) is 18.4. The summed E-state index contributed by atoms with van der Waals surface area (Å²) in [4.78, 5) is 16.7. The minimum atomic E-state index is 0.165. The van der Waals surface area contributed by atoms with Gasteiger partial charge in [0.2, 0.25) is 0 Å². The first kappa shape index (κ1) is 19.9. The Labute approximate surface area is 186 Å². The third-order valence-corrected chi connectivity index (χ3v) is 5.22. The lowest BCUT2D eigenvalue weighted by molar-refractivity contribution is 0.411. The summed E-state index contributed by atoms with van der Waals surface area (Å²) in [5.41, 5.74) is 7.46. The lowest BCUT2D eigenvalue weighted by Crippen LogP contribution is -2.10. The minimum absolute atomic E-state index is 0.165. The number of hydrogen-bond donors (Lipinski definition) is 3. The predicted molar refractivity (Wildman–Crippen MR) is 129 cm³/mol. The van der Waals surface area contributed by atoms with Crippen LogP contribution in [0.3, 0.4) is 0 Å². The molecule has 0 bridgehead atoms. The highest BCUT2D eigenvalue weighted by Crippen LogP contribution is 2.31. The fourth-order valence-electron chi connectivity index (χ4n) is 3.92. The van der Waals surface area contributed by atoms with E-state index in [4.69, 9.17) is 0 Å². The van der Waals surface area contributed by atoms with Crippen LogP contribution in [0.15, 0.2) is 67.5 Å². The molecule has 0 aliphatic carbocycles. The van der Waals surface area contributed by atoms with Crippen LogP contribution in [-0.2, 0) is 0 Å². The number of allylic oxidation sites excluding steroid dienone is 1. The predicted octanol–water partition coefficient (Wildman–Crippen LogP) is 5.93. The number of hydrogen-bond acceptors (Lipinski definition) is 5. The number of pyridine rings is 3. The first-order valence-electron chi connectivity index (χ1n) is 10.5. The average Bonchev–Trinajstić information content (AvgIpc) is 3.35. The maximum atomic E-state index is 4.62. The molecule has 5 rings (SSSR count). The van der Waals surface area contributed by atoms with Crippen molar-refractivity contribution in [2.24, 2.45) is 5.41 Å². The maximum Gasteiger partial charge on any atom is 0.116 e. The number of rotatable bonds is 5. The van der Waals surface area contributed by atoms with Gasteiger partial charge in [-0.3, -0.25) is 20.1 Å². The van der Waals surface area contributed by atoms with E-state index in [-0.39, 0.29) is 5.41 Å². The number of anilines is 1. The third kappa shape index (κ3) is 3.97. The SMILES string of the molecule is C=C(CC(C)(C)C)Nc1cncc(-c2cc3c(-c4cc5cnccc5[nH]4)n[nH]c3cn2)c1. The number of nitrogens with one attached hydrogen (secondary N) is 3. The van der Waals surface area contributed by atoms with Crippen LogP contribution in [0.4, 0.5) is 5.69 Å². The van der Waals surface area contributed by atoms with Gasteiger partial charge in [-0.15, -0.1) is 0 Å². The Kier molecular flexibility index (Phi) is 4.74. The molecule has 0 spiro atoms. The lowest BCUT2D eigenvalue weighted by Gasteiger charge is -2.20. The lowest BCUT2D eigenvalue weighted by atomic mass is 9.91. The van der Waals surface area contributed by atoms with Gasteiger partial charge < -0.3 is 10.3 Å². The molecular formula is C25H25N7. The largest absolute Gasteiger partial charge is 0.358 e. The van der Waals surface area contributed by atoms with Gasteiger partial charge in [0.25, 0.3) is 0 Å². The zero-order chi connectivity index (χ0) is 22.3. The van der Waals surface area contributed by atoms with Crippen molar-refractivity contribution in [3.05, 3.63) is 67.5 Å². The molecule has 5 heterocycles. The van der Waals surface area contributed by atoms with E-state index in [1.165, 1.54) is 0 Å². The molecule has 0 aliphatic heterocycles. The molecule has 7 nitrogen and oxygen atoms in total. The summed E-state index contributed by atoms with van der Waals surface area (Å²) in [6.45, 7) is 10.7. The number of nitrogens with zero attached hydrogens (tertiary/aromatic N) is 4. The molecule has 0 atom stereocenters. The average molecular weight is 424 g/mol. The Bertz CT molecular complexity index is 1400. The molecule has 5 aromatic heterocycles. The summed E-state index contributed by atoms with van der Waals surface area (Å²) >= 11 is 0. The van der Waals surface area contributed by atoms with Crippen molar-refractivity contribution < 1.29 is 0 Å². The molecule has 5 aromatic rings. The minimum Gasteiger partial charge on any atom is -0.358 e. The number of aromatic amines is 2. The smallest absolute Gasteiger partial charge is 0.116 e. The van der Waals surface area contributed by atoms with Gasteiger partial charge >= 0.3 is 0 Å². The van der Waals surface area contributed by atoms with Gasteiger partial charge in [0.1, 0.15) is 5.69 Å². The summed E-state index contributed by atoms with van der Waals surface area (Å²) in [6, 6.07) is 8.11. The summed E-state index contributed by atoms with van der Waals surface area (Å²) in [7, 11) is 0. The summed E-state index contributed by atoms with van der Waals surface area (Å²) < 4.78 is 0. The molecular weight excluding hydrogens is 398 g/mol. The van der Waals surface area contributed by atoms with Crippen LogP contribution in [0, 0.1) is 5.41 Å². The third-order valence-electron chi connectivity index (χ3n) is 5.22. The fourth-order valence-corrected chi connectivity index (χ4v) is 3.92. The van der Waals surface area contributed by atoms with Crippen molar-refractivity contribution in [2.75, 3.05) is 5.32 Å². The molecule has 0 saturated heterocycles. The van der Waals surface area contributed by atoms with Crippen LogP contribution in [0.5, 0.6) is 0 Å². The van der Waals surface area contributed by atoms with Crippen molar-refractivity contribution >= 4 is 27.5 Å². The first-order valence-corrected chi connectivity index (χ1v) is 10.5. The second kappa shape index (κ2) is 7.60. The van der Waals surface area contributed by atoms with Crippen molar-refractivity contribution in [3.63, 3.8) is 0 Å². The molecule has 32 heavy (non-hydrogen) atoms. The fraction of sp³-hybridized carbons (Fsp3) is 0.200. The molecule has 0 radical (unpaired) electrons. The van der Waals surface area contributed by atoms with Gasteiger partial charge in [-0.25, -0.2) is 0 Å². The van der Waals surface area contributed by atoms with Crippen LogP contribution in [-0.4, -0.2) is 30.1 Å². The highest BCUT2D eigenvalue weighted by molar-refractivity contribution is 5.96. The maximum absolute atomic E-state index is 4.62. The van der Waals surface area contributed by atoms with E-state index in [0.29, 0.717) is 0 Å². The zero-order valence-corrected chi connectivity index (χ0v) is 18.4. The molecule has 0 saturated carbocycles. The van der Waals surface area contributed by atoms with Crippen LogP contribution < -0.4 is 5.32 Å². The normalized spacial score (nSPS) is 11.8. The van der Waals surface area contributed by atoms with Gasteiger partial charge in [0.15, 0.2) is 0 Å². The molecule has 3 N–H and O–H groups in total. The van der Waals surface area contributed by atoms with E-state index < -0.39 is 0 Å². The van der Waals surface area contributed by atoms with E-state index in [2.05, 4.69) is 68.9 Å². The van der Waals surface area contributed by atoms with Gasteiger partial charge in [-0.1, -0.05) is 27.4 Å². The number of H-pyrrole nitrogens is 2. The topological polar surface area (TPSA) is 95.2 Å². The number of fused-ring (bicyclic) bond motifs is 2. The molecule has 0 fully saturated rings. The van der Waals surface area contributed by atoms with Crippen molar-refractivity contribution in [3.8, 4) is 22.6 Å². The Morgan fingerprint density at radius 3 is 2.72 bits per heavy atom. The van der Waals surface area contributed by atoms with Gasteiger partial charge in [0, 0.05) is 46.1 Å². The van der Waals surface area contributed by atoms with Crippen LogP contribution in [0.1, 0.15) is 27.2 Å². The van der Waals surface area contributed by atoms with E-state index >= 15 is 0 Å². The molecule has 7 heteroatoms. The quantitative estimate of drug-likeness (QED) is 0.326. The van der Waals surface area contributed by atoms with E-state index in [9.17, 15) is 0 Å². The molecule has 160 valence electrons. The summed E-state index contributed by atoms with van der Waals surface area (Å²) in [6.07, 6.45) is 9.92. The van der Waals surface area contributed by atoms with Crippen molar-refractivity contribution in [2.45, 2.75) is 27.2 Å². The first-order chi connectivity index (χ1) is 15.4. The summed E-state index contributed by atoms with van der Waals surface area (Å²) in [5, 5.41) is 13.0. The van der Waals surface area contributed by atoms with Crippen LogP contribution >= 0.6 is 0 Å². The molecule has 0 aliphatic rings. The molecule has 0 unspecified atom stereocenters. The van der Waals surface area contributed by atoms with Crippen LogP contribution in [0.2, 0.25) is 0 Å². The van der Waals surface area contributed by atoms with E-state index in [1.807, 2.05) is 36.8 Å². The van der Waals surface area contributed by atoms with Crippen molar-refractivity contribution in [1.29, 1.82) is 0 Å². The Hall–Kier alpha value is -4.00. The Morgan fingerprint density at radius 1 is 1.03 bits per heavy atom. The molecule has 0 amide bonds.